The molecule has 0 fully saturated rings. The van der Waals surface area contributed by atoms with E-state index in [1.165, 1.54) is 0 Å². The van der Waals surface area contributed by atoms with Crippen LogP contribution in [0.4, 0.5) is 0 Å². The molecule has 16 heavy (non-hydrogen) atoms. The molecular formula is C11H12ClNO3. The minimum Gasteiger partial charge on any atom is -0.484 e. The monoisotopic (exact) mass is 241 g/mol. The van der Waals surface area contributed by atoms with Crippen LogP contribution in [0, 0.1) is 0 Å². The first-order valence-corrected chi connectivity index (χ1v) is 5.12. The number of nitrogens with one attached hydrogen (secondary N) is 1. The predicted molar refractivity (Wildman–Crippen MR) is 60.6 cm³/mol. The lowest BCUT2D eigenvalue weighted by Crippen LogP contribution is -2.36. The van der Waals surface area contributed by atoms with Crippen LogP contribution in [0.1, 0.15) is 6.92 Å². The van der Waals surface area contributed by atoms with Crippen molar-refractivity contribution in [2.75, 3.05) is 6.61 Å². The zero-order valence-electron chi connectivity index (χ0n) is 8.77. The highest BCUT2D eigenvalue weighted by molar-refractivity contribution is 6.30. The predicted octanol–water partition coefficient (Wildman–Crippen LogP) is 1.42. The van der Waals surface area contributed by atoms with E-state index in [1.54, 1.807) is 31.2 Å². The first-order chi connectivity index (χ1) is 7.61. The Labute approximate surface area is 98.5 Å². The number of hydrogen-bond acceptors (Lipinski definition) is 3. The van der Waals surface area contributed by atoms with Crippen molar-refractivity contribution < 1.29 is 14.3 Å². The maximum Gasteiger partial charge on any atom is 0.258 e. The van der Waals surface area contributed by atoms with E-state index < -0.39 is 6.04 Å². The standard InChI is InChI=1S/C11H12ClNO3/c1-8(6-14)13-11(15)7-16-10-4-2-3-9(12)5-10/h2-6,8H,7H2,1H3,(H,13,15)/t8-/m0/s1. The molecule has 1 atom stereocenters. The fourth-order valence-corrected chi connectivity index (χ4v) is 1.22. The van der Waals surface area contributed by atoms with Crippen LogP contribution in [0.3, 0.4) is 0 Å². The van der Waals surface area contributed by atoms with Crippen LogP contribution >= 0.6 is 11.6 Å². The third-order valence-corrected chi connectivity index (χ3v) is 1.99. The summed E-state index contributed by atoms with van der Waals surface area (Å²) in [6.45, 7) is 1.45. The van der Waals surface area contributed by atoms with Crippen molar-refractivity contribution in [2.45, 2.75) is 13.0 Å². The summed E-state index contributed by atoms with van der Waals surface area (Å²) in [6.07, 6.45) is 0.650. The summed E-state index contributed by atoms with van der Waals surface area (Å²) >= 11 is 5.74. The SMILES string of the molecule is C[C@@H](C=O)NC(=O)COc1cccc(Cl)c1. The molecule has 0 aliphatic carbocycles. The van der Waals surface area contributed by atoms with Crippen molar-refractivity contribution in [2.24, 2.45) is 0 Å². The number of halogens is 1. The molecule has 0 aromatic heterocycles. The highest BCUT2D eigenvalue weighted by atomic mass is 35.5. The topological polar surface area (TPSA) is 55.4 Å². The Morgan fingerprint density at radius 1 is 1.62 bits per heavy atom. The number of rotatable bonds is 5. The molecule has 0 heterocycles. The fourth-order valence-electron chi connectivity index (χ4n) is 1.04. The van der Waals surface area contributed by atoms with Gasteiger partial charge in [-0.25, -0.2) is 0 Å². The molecule has 0 unspecified atom stereocenters. The summed E-state index contributed by atoms with van der Waals surface area (Å²) in [4.78, 5) is 21.5. The van der Waals surface area contributed by atoms with Crippen LogP contribution in [0.25, 0.3) is 0 Å². The molecule has 0 spiro atoms. The minimum atomic E-state index is -0.504. The summed E-state index contributed by atoms with van der Waals surface area (Å²) in [5, 5.41) is 2.99. The molecule has 1 aromatic carbocycles. The molecule has 0 saturated carbocycles. The molecule has 0 saturated heterocycles. The molecule has 0 radical (unpaired) electrons. The molecular weight excluding hydrogens is 230 g/mol. The number of ether oxygens (including phenoxy) is 1. The third-order valence-electron chi connectivity index (χ3n) is 1.76. The van der Waals surface area contributed by atoms with Gasteiger partial charge >= 0.3 is 0 Å². The van der Waals surface area contributed by atoms with Crippen molar-refractivity contribution in [3.8, 4) is 5.75 Å². The van der Waals surface area contributed by atoms with Gasteiger partial charge < -0.3 is 14.8 Å². The van der Waals surface area contributed by atoms with Gasteiger partial charge in [-0.3, -0.25) is 4.79 Å². The number of aldehydes is 1. The molecule has 1 rings (SSSR count). The van der Waals surface area contributed by atoms with Crippen molar-refractivity contribution in [3.63, 3.8) is 0 Å². The second kappa shape index (κ2) is 6.12. The molecule has 0 bridgehead atoms. The average molecular weight is 242 g/mol. The lowest BCUT2D eigenvalue weighted by atomic mass is 10.3. The van der Waals surface area contributed by atoms with E-state index in [0.717, 1.165) is 0 Å². The zero-order valence-corrected chi connectivity index (χ0v) is 9.53. The van der Waals surface area contributed by atoms with E-state index in [1.807, 2.05) is 0 Å². The lowest BCUT2D eigenvalue weighted by molar-refractivity contribution is -0.125. The van der Waals surface area contributed by atoms with E-state index in [0.29, 0.717) is 17.1 Å². The van der Waals surface area contributed by atoms with E-state index >= 15 is 0 Å². The Kier molecular flexibility index (Phi) is 4.79. The Balaban J connectivity index is 2.40. The first kappa shape index (κ1) is 12.5. The summed E-state index contributed by atoms with van der Waals surface area (Å²) in [7, 11) is 0. The van der Waals surface area contributed by atoms with Gasteiger partial charge in [0.2, 0.25) is 0 Å². The number of benzene rings is 1. The van der Waals surface area contributed by atoms with Gasteiger partial charge in [-0.05, 0) is 25.1 Å². The molecule has 4 nitrogen and oxygen atoms in total. The van der Waals surface area contributed by atoms with Crippen LogP contribution in [0.15, 0.2) is 24.3 Å². The quantitative estimate of drug-likeness (QED) is 0.794. The van der Waals surface area contributed by atoms with Crippen molar-refractivity contribution >= 4 is 23.8 Å². The molecule has 86 valence electrons. The van der Waals surface area contributed by atoms with Gasteiger partial charge in [-0.1, -0.05) is 17.7 Å². The van der Waals surface area contributed by atoms with E-state index in [-0.39, 0.29) is 12.5 Å². The van der Waals surface area contributed by atoms with Crippen LogP contribution in [-0.4, -0.2) is 24.8 Å². The Bertz CT molecular complexity index is 381. The summed E-state index contributed by atoms with van der Waals surface area (Å²) < 4.78 is 5.18. The van der Waals surface area contributed by atoms with Gasteiger partial charge in [-0.2, -0.15) is 0 Å². The van der Waals surface area contributed by atoms with Crippen molar-refractivity contribution in [1.29, 1.82) is 0 Å². The van der Waals surface area contributed by atoms with Gasteiger partial charge in [0.25, 0.3) is 5.91 Å². The highest BCUT2D eigenvalue weighted by Gasteiger charge is 2.06. The average Bonchev–Trinajstić information content (AvgIpc) is 2.26. The summed E-state index contributed by atoms with van der Waals surface area (Å²) in [5.74, 6) is 0.168. The third kappa shape index (κ3) is 4.31. The fraction of sp³-hybridized carbons (Fsp3) is 0.273. The van der Waals surface area contributed by atoms with E-state index in [9.17, 15) is 9.59 Å². The number of amides is 1. The van der Waals surface area contributed by atoms with Crippen LogP contribution in [-0.2, 0) is 9.59 Å². The van der Waals surface area contributed by atoms with Gasteiger partial charge in [0, 0.05) is 5.02 Å². The van der Waals surface area contributed by atoms with Gasteiger partial charge in [0.15, 0.2) is 6.61 Å². The molecule has 0 aliphatic heterocycles. The van der Waals surface area contributed by atoms with E-state index in [4.69, 9.17) is 16.3 Å². The van der Waals surface area contributed by atoms with Crippen LogP contribution in [0.5, 0.6) is 5.75 Å². The normalized spacial score (nSPS) is 11.6. The number of carbonyl (C=O) groups excluding carboxylic acids is 2. The van der Waals surface area contributed by atoms with Gasteiger partial charge in [-0.15, -0.1) is 0 Å². The van der Waals surface area contributed by atoms with Crippen LogP contribution in [0.2, 0.25) is 5.02 Å². The molecule has 5 heteroatoms. The number of carbonyl (C=O) groups is 2. The highest BCUT2D eigenvalue weighted by Crippen LogP contribution is 2.16. The van der Waals surface area contributed by atoms with Crippen LogP contribution < -0.4 is 10.1 Å². The molecule has 0 aliphatic rings. The second-order valence-corrected chi connectivity index (χ2v) is 3.67. The van der Waals surface area contributed by atoms with Crippen molar-refractivity contribution in [3.05, 3.63) is 29.3 Å². The minimum absolute atomic E-state index is 0.140. The smallest absolute Gasteiger partial charge is 0.258 e. The van der Waals surface area contributed by atoms with Gasteiger partial charge in [0.1, 0.15) is 12.0 Å². The summed E-state index contributed by atoms with van der Waals surface area (Å²) in [6, 6.07) is 6.24. The number of hydrogen-bond donors (Lipinski definition) is 1. The Morgan fingerprint density at radius 3 is 3.00 bits per heavy atom. The maximum atomic E-state index is 11.2. The van der Waals surface area contributed by atoms with Crippen molar-refractivity contribution in [1.82, 2.24) is 5.32 Å². The second-order valence-electron chi connectivity index (χ2n) is 3.24. The molecule has 1 amide bonds. The Hall–Kier alpha value is -1.55. The zero-order chi connectivity index (χ0) is 12.0. The molecule has 1 N–H and O–H groups in total. The largest absolute Gasteiger partial charge is 0.484 e. The summed E-state index contributed by atoms with van der Waals surface area (Å²) in [5.41, 5.74) is 0. The molecule has 1 aromatic rings. The lowest BCUT2D eigenvalue weighted by Gasteiger charge is -2.08. The van der Waals surface area contributed by atoms with Gasteiger partial charge in [0.05, 0.1) is 6.04 Å². The maximum absolute atomic E-state index is 11.2. The van der Waals surface area contributed by atoms with E-state index in [2.05, 4.69) is 5.32 Å². The Morgan fingerprint density at radius 2 is 2.38 bits per heavy atom. The first-order valence-electron chi connectivity index (χ1n) is 4.75.